The molecule has 0 saturated carbocycles. The summed E-state index contributed by atoms with van der Waals surface area (Å²) in [4.78, 5) is 34.6. The molecule has 1 atom stereocenters. The summed E-state index contributed by atoms with van der Waals surface area (Å²) in [6, 6.07) is 9.66. The van der Waals surface area contributed by atoms with Gasteiger partial charge in [-0.15, -0.1) is 0 Å². The Morgan fingerprint density at radius 2 is 1.97 bits per heavy atom. The zero-order chi connectivity index (χ0) is 20.2. The van der Waals surface area contributed by atoms with E-state index in [-0.39, 0.29) is 17.7 Å². The van der Waals surface area contributed by atoms with Gasteiger partial charge in [-0.1, -0.05) is 30.3 Å². The Labute approximate surface area is 168 Å². The summed E-state index contributed by atoms with van der Waals surface area (Å²) in [7, 11) is 0. The second-order valence-corrected chi connectivity index (χ2v) is 7.30. The number of hydrogen-bond acceptors (Lipinski definition) is 5. The number of benzene rings is 1. The summed E-state index contributed by atoms with van der Waals surface area (Å²) < 4.78 is 1.80. The maximum Gasteiger partial charge on any atom is 0.224 e. The first-order valence-electron chi connectivity index (χ1n) is 9.85. The fourth-order valence-corrected chi connectivity index (χ4v) is 3.77. The number of fused-ring (bicyclic) bond motifs is 1. The van der Waals surface area contributed by atoms with Crippen LogP contribution in [-0.2, 0) is 22.6 Å². The molecule has 1 N–H and O–H groups in total. The third kappa shape index (κ3) is 4.26. The highest BCUT2D eigenvalue weighted by Gasteiger charge is 2.30. The van der Waals surface area contributed by atoms with Gasteiger partial charge in [0.2, 0.25) is 11.8 Å². The summed E-state index contributed by atoms with van der Waals surface area (Å²) in [5.74, 6) is 0.224. The Kier molecular flexibility index (Phi) is 5.50. The van der Waals surface area contributed by atoms with Crippen molar-refractivity contribution >= 4 is 23.0 Å². The van der Waals surface area contributed by atoms with E-state index in [0.29, 0.717) is 31.7 Å². The number of amides is 2. The van der Waals surface area contributed by atoms with Crippen LogP contribution < -0.4 is 5.32 Å². The van der Waals surface area contributed by atoms with Crippen molar-refractivity contribution in [3.05, 3.63) is 54.0 Å². The average molecular weight is 392 g/mol. The third-order valence-electron chi connectivity index (χ3n) is 5.27. The van der Waals surface area contributed by atoms with Crippen LogP contribution in [0.4, 0.5) is 0 Å². The molecule has 4 rings (SSSR count). The molecule has 1 aliphatic heterocycles. The first kappa shape index (κ1) is 19.0. The first-order chi connectivity index (χ1) is 14.1. The number of carbonyl (C=O) groups excluding carboxylic acids is 2. The molecule has 3 aromatic rings. The zero-order valence-electron chi connectivity index (χ0n) is 16.4. The van der Waals surface area contributed by atoms with Crippen LogP contribution in [0, 0.1) is 0 Å². The predicted octanol–water partition coefficient (Wildman–Crippen LogP) is 1.52. The van der Waals surface area contributed by atoms with Crippen LogP contribution in [0.3, 0.4) is 0 Å². The van der Waals surface area contributed by atoms with Crippen molar-refractivity contribution in [2.45, 2.75) is 32.2 Å². The summed E-state index contributed by atoms with van der Waals surface area (Å²) in [6.07, 6.45) is 4.54. The molecule has 1 fully saturated rings. The molecule has 29 heavy (non-hydrogen) atoms. The van der Waals surface area contributed by atoms with Gasteiger partial charge in [-0.25, -0.2) is 14.6 Å². The molecule has 1 saturated heterocycles. The van der Waals surface area contributed by atoms with Crippen molar-refractivity contribution in [1.82, 2.24) is 30.0 Å². The lowest BCUT2D eigenvalue weighted by Gasteiger charge is -2.12. The standard InChI is InChI=1S/C21H24N6O2/c1-15(28)26-11-7-17(14-26)19-20-21(24-9-8-23-20)27(25-19)12-10-22-18(29)13-16-5-3-2-4-6-16/h2-6,8-9,17H,7,10-14H2,1H3,(H,22,29)/t17-/m1/s1. The summed E-state index contributed by atoms with van der Waals surface area (Å²) in [5.41, 5.74) is 3.35. The van der Waals surface area contributed by atoms with Gasteiger partial charge < -0.3 is 10.2 Å². The number of hydrogen-bond donors (Lipinski definition) is 1. The van der Waals surface area contributed by atoms with Gasteiger partial charge >= 0.3 is 0 Å². The van der Waals surface area contributed by atoms with Crippen LogP contribution in [0.15, 0.2) is 42.7 Å². The van der Waals surface area contributed by atoms with Crippen LogP contribution in [-0.4, -0.2) is 56.1 Å². The van der Waals surface area contributed by atoms with Crippen molar-refractivity contribution < 1.29 is 9.59 Å². The second-order valence-electron chi connectivity index (χ2n) is 7.30. The second kappa shape index (κ2) is 8.38. The Hall–Kier alpha value is -3.29. The van der Waals surface area contributed by atoms with Crippen molar-refractivity contribution in [3.63, 3.8) is 0 Å². The molecule has 0 unspecified atom stereocenters. The molecule has 8 heteroatoms. The molecule has 150 valence electrons. The topological polar surface area (TPSA) is 93.0 Å². The Morgan fingerprint density at radius 1 is 1.17 bits per heavy atom. The van der Waals surface area contributed by atoms with Crippen molar-refractivity contribution in [3.8, 4) is 0 Å². The number of likely N-dealkylation sites (tertiary alicyclic amines) is 1. The first-order valence-corrected chi connectivity index (χ1v) is 9.85. The molecule has 8 nitrogen and oxygen atoms in total. The van der Waals surface area contributed by atoms with E-state index in [1.54, 1.807) is 24.0 Å². The largest absolute Gasteiger partial charge is 0.354 e. The lowest BCUT2D eigenvalue weighted by atomic mass is 10.0. The minimum atomic E-state index is -0.0214. The van der Waals surface area contributed by atoms with Crippen LogP contribution in [0.5, 0.6) is 0 Å². The van der Waals surface area contributed by atoms with E-state index in [2.05, 4.69) is 15.3 Å². The van der Waals surface area contributed by atoms with Crippen molar-refractivity contribution in [2.24, 2.45) is 0 Å². The highest BCUT2D eigenvalue weighted by Crippen LogP contribution is 2.30. The molecule has 0 radical (unpaired) electrons. The Bertz CT molecular complexity index is 1020. The highest BCUT2D eigenvalue weighted by molar-refractivity contribution is 5.78. The normalized spacial score (nSPS) is 16.3. The quantitative estimate of drug-likeness (QED) is 0.687. The molecule has 3 heterocycles. The van der Waals surface area contributed by atoms with E-state index >= 15 is 0 Å². The lowest BCUT2D eigenvalue weighted by molar-refractivity contribution is -0.127. The van der Waals surface area contributed by atoms with Gasteiger partial charge in [0, 0.05) is 44.9 Å². The summed E-state index contributed by atoms with van der Waals surface area (Å²) in [6.45, 7) is 3.97. The minimum Gasteiger partial charge on any atom is -0.354 e. The minimum absolute atomic E-state index is 0.0214. The van der Waals surface area contributed by atoms with Crippen LogP contribution in [0.25, 0.3) is 11.2 Å². The van der Waals surface area contributed by atoms with Gasteiger partial charge in [0.25, 0.3) is 0 Å². The van der Waals surface area contributed by atoms with Gasteiger partial charge in [-0.3, -0.25) is 9.59 Å². The molecular weight excluding hydrogens is 368 g/mol. The highest BCUT2D eigenvalue weighted by atomic mass is 16.2. The van der Waals surface area contributed by atoms with E-state index in [1.807, 2.05) is 35.2 Å². The molecule has 2 amide bonds. The van der Waals surface area contributed by atoms with Gasteiger partial charge in [0.15, 0.2) is 5.65 Å². The number of carbonyl (C=O) groups is 2. The van der Waals surface area contributed by atoms with E-state index in [0.717, 1.165) is 29.7 Å². The van der Waals surface area contributed by atoms with Gasteiger partial charge in [-0.05, 0) is 12.0 Å². The van der Waals surface area contributed by atoms with Crippen LogP contribution in [0.2, 0.25) is 0 Å². The van der Waals surface area contributed by atoms with Gasteiger partial charge in [-0.2, -0.15) is 5.10 Å². The third-order valence-corrected chi connectivity index (χ3v) is 5.27. The van der Waals surface area contributed by atoms with Crippen LogP contribution >= 0.6 is 0 Å². The van der Waals surface area contributed by atoms with Crippen LogP contribution in [0.1, 0.15) is 30.5 Å². The smallest absolute Gasteiger partial charge is 0.224 e. The van der Waals surface area contributed by atoms with E-state index in [1.165, 1.54) is 0 Å². The lowest BCUT2D eigenvalue weighted by Crippen LogP contribution is -2.29. The molecular formula is C21H24N6O2. The van der Waals surface area contributed by atoms with Crippen molar-refractivity contribution in [1.29, 1.82) is 0 Å². The summed E-state index contributed by atoms with van der Waals surface area (Å²) >= 11 is 0. The maximum absolute atomic E-state index is 12.2. The maximum atomic E-state index is 12.2. The van der Waals surface area contributed by atoms with E-state index < -0.39 is 0 Å². The number of rotatable bonds is 6. The number of nitrogens with one attached hydrogen (secondary N) is 1. The zero-order valence-corrected chi connectivity index (χ0v) is 16.4. The molecule has 0 bridgehead atoms. The van der Waals surface area contributed by atoms with Gasteiger partial charge in [0.1, 0.15) is 5.52 Å². The van der Waals surface area contributed by atoms with Crippen molar-refractivity contribution in [2.75, 3.05) is 19.6 Å². The van der Waals surface area contributed by atoms with E-state index in [9.17, 15) is 9.59 Å². The molecule has 2 aromatic heterocycles. The number of aromatic nitrogens is 4. The Balaban J connectivity index is 1.43. The number of nitrogens with zero attached hydrogens (tertiary/aromatic N) is 5. The monoisotopic (exact) mass is 392 g/mol. The SMILES string of the molecule is CC(=O)N1CC[C@@H](c2nn(CCNC(=O)Cc3ccccc3)c3nccnc23)C1. The fourth-order valence-electron chi connectivity index (χ4n) is 3.77. The van der Waals surface area contributed by atoms with Gasteiger partial charge in [0.05, 0.1) is 18.7 Å². The molecule has 1 aromatic carbocycles. The molecule has 1 aliphatic rings. The van der Waals surface area contributed by atoms with E-state index in [4.69, 9.17) is 5.10 Å². The molecule has 0 aliphatic carbocycles. The summed E-state index contributed by atoms with van der Waals surface area (Å²) in [5, 5.41) is 7.69. The fraction of sp³-hybridized carbons (Fsp3) is 0.381. The average Bonchev–Trinajstić information content (AvgIpc) is 3.34. The molecule has 0 spiro atoms. The Morgan fingerprint density at radius 3 is 2.72 bits per heavy atom. The predicted molar refractivity (Wildman–Crippen MR) is 108 cm³/mol.